The highest BCUT2D eigenvalue weighted by Gasteiger charge is 2.34. The first-order valence-corrected chi connectivity index (χ1v) is 9.22. The predicted octanol–water partition coefficient (Wildman–Crippen LogP) is 2.70. The molecule has 2 N–H and O–H groups in total. The molecular weight excluding hydrogens is 409 g/mol. The second-order valence-corrected chi connectivity index (χ2v) is 6.95. The molecule has 3 aromatic rings. The fourth-order valence-electron chi connectivity index (χ4n) is 3.33. The first-order valence-electron chi connectivity index (χ1n) is 8.82. The molecule has 0 atom stereocenters. The highest BCUT2D eigenvalue weighted by molar-refractivity contribution is 7.80. The number of fused-ring (bicyclic) bond motifs is 1. The summed E-state index contributed by atoms with van der Waals surface area (Å²) in [6, 6.07) is 12.3. The van der Waals surface area contributed by atoms with Crippen molar-refractivity contribution < 1.29 is 23.9 Å². The number of nitrogens with one attached hydrogen (secondary N) is 1. The summed E-state index contributed by atoms with van der Waals surface area (Å²) in [5, 5.41) is 12.1. The second-order valence-electron chi connectivity index (χ2n) is 6.56. The van der Waals surface area contributed by atoms with E-state index >= 15 is 0 Å². The van der Waals surface area contributed by atoms with Gasteiger partial charge in [-0.1, -0.05) is 24.3 Å². The Kier molecular flexibility index (Phi) is 4.88. The summed E-state index contributed by atoms with van der Waals surface area (Å²) in [7, 11) is 0. The van der Waals surface area contributed by atoms with Crippen molar-refractivity contribution in [3.8, 4) is 0 Å². The predicted molar refractivity (Wildman–Crippen MR) is 112 cm³/mol. The van der Waals surface area contributed by atoms with E-state index in [1.54, 1.807) is 30.5 Å². The minimum absolute atomic E-state index is 0.152. The molecule has 0 unspecified atom stereocenters. The van der Waals surface area contributed by atoms with Gasteiger partial charge in [-0.05, 0) is 42.6 Å². The van der Waals surface area contributed by atoms with Gasteiger partial charge in [0.25, 0.3) is 11.8 Å². The average molecular weight is 423 g/mol. The van der Waals surface area contributed by atoms with E-state index in [2.05, 4.69) is 5.32 Å². The Labute approximate surface area is 175 Å². The first-order chi connectivity index (χ1) is 14.3. The Morgan fingerprint density at radius 1 is 1.17 bits per heavy atom. The van der Waals surface area contributed by atoms with Gasteiger partial charge in [0.05, 0.1) is 5.69 Å². The van der Waals surface area contributed by atoms with Gasteiger partial charge in [0, 0.05) is 22.7 Å². The number of carboxylic acid groups (broad SMARTS) is 1. The Balaban J connectivity index is 1.81. The van der Waals surface area contributed by atoms with Gasteiger partial charge in [-0.25, -0.2) is 4.39 Å². The minimum atomic E-state index is -1.02. The molecule has 2 heterocycles. The number of aromatic nitrogens is 1. The summed E-state index contributed by atoms with van der Waals surface area (Å²) in [6.45, 7) is -0.274. The normalized spacial score (nSPS) is 15.7. The number of hydrogen-bond acceptors (Lipinski definition) is 4. The van der Waals surface area contributed by atoms with Crippen LogP contribution in [0.5, 0.6) is 0 Å². The third kappa shape index (κ3) is 3.46. The third-order valence-corrected chi connectivity index (χ3v) is 4.88. The van der Waals surface area contributed by atoms with Gasteiger partial charge >= 0.3 is 5.97 Å². The van der Waals surface area contributed by atoms with E-state index in [0.29, 0.717) is 16.5 Å². The SMILES string of the molecule is O=C(O)Cn1cc(/C=C2/C(=O)NC(=S)N(c3cccc(F)c3)C2=O)c2ccccc21. The molecule has 4 rings (SSSR count). The van der Waals surface area contributed by atoms with E-state index in [4.69, 9.17) is 17.3 Å². The van der Waals surface area contributed by atoms with Crippen LogP contribution in [0.4, 0.5) is 10.1 Å². The van der Waals surface area contributed by atoms with Crippen LogP contribution in [0.3, 0.4) is 0 Å². The van der Waals surface area contributed by atoms with E-state index in [0.717, 1.165) is 11.0 Å². The standard InChI is InChI=1S/C21H14FN3O4S/c22-13-4-3-5-14(9-13)25-20(29)16(19(28)23-21(25)30)8-12-10-24(11-18(26)27)17-7-2-1-6-15(12)17/h1-10H,11H2,(H,26,27)(H,23,28,30)/b16-8-. The van der Waals surface area contributed by atoms with Crippen molar-refractivity contribution >= 4 is 57.8 Å². The highest BCUT2D eigenvalue weighted by atomic mass is 32.1. The van der Waals surface area contributed by atoms with Crippen LogP contribution in [-0.4, -0.2) is 32.6 Å². The van der Waals surface area contributed by atoms with Gasteiger partial charge in [-0.15, -0.1) is 0 Å². The van der Waals surface area contributed by atoms with Crippen LogP contribution >= 0.6 is 12.2 Å². The van der Waals surface area contributed by atoms with E-state index in [1.165, 1.54) is 28.8 Å². The number of carbonyl (C=O) groups is 3. The molecule has 9 heteroatoms. The van der Waals surface area contributed by atoms with Crippen molar-refractivity contribution in [2.24, 2.45) is 0 Å². The topological polar surface area (TPSA) is 91.6 Å². The number of carboxylic acids is 1. The zero-order valence-electron chi connectivity index (χ0n) is 15.3. The van der Waals surface area contributed by atoms with Crippen molar-refractivity contribution in [2.45, 2.75) is 6.54 Å². The lowest BCUT2D eigenvalue weighted by Gasteiger charge is -2.28. The fraction of sp³-hybridized carbons (Fsp3) is 0.0476. The van der Waals surface area contributed by atoms with Crippen LogP contribution in [0.1, 0.15) is 5.56 Å². The molecule has 0 radical (unpaired) electrons. The van der Waals surface area contributed by atoms with Gasteiger partial charge in [0.1, 0.15) is 17.9 Å². The zero-order chi connectivity index (χ0) is 21.4. The Hall–Kier alpha value is -3.85. The van der Waals surface area contributed by atoms with E-state index in [-0.39, 0.29) is 22.9 Å². The molecule has 2 amide bonds. The number of aliphatic carboxylic acids is 1. The molecule has 7 nitrogen and oxygen atoms in total. The minimum Gasteiger partial charge on any atom is -0.480 e. The molecule has 0 spiro atoms. The van der Waals surface area contributed by atoms with Gasteiger partial charge in [-0.3, -0.25) is 24.6 Å². The van der Waals surface area contributed by atoms with Crippen molar-refractivity contribution in [2.75, 3.05) is 4.90 Å². The maximum atomic E-state index is 13.6. The van der Waals surface area contributed by atoms with Crippen LogP contribution in [-0.2, 0) is 20.9 Å². The van der Waals surface area contributed by atoms with Crippen LogP contribution in [0.25, 0.3) is 17.0 Å². The van der Waals surface area contributed by atoms with Gasteiger partial charge in [0.15, 0.2) is 5.11 Å². The van der Waals surface area contributed by atoms with Crippen LogP contribution < -0.4 is 10.2 Å². The smallest absolute Gasteiger partial charge is 0.323 e. The lowest BCUT2D eigenvalue weighted by atomic mass is 10.1. The number of amides is 2. The van der Waals surface area contributed by atoms with E-state index in [1.807, 2.05) is 0 Å². The molecule has 1 saturated heterocycles. The molecule has 0 aliphatic carbocycles. The summed E-state index contributed by atoms with van der Waals surface area (Å²) in [6.07, 6.45) is 2.94. The third-order valence-electron chi connectivity index (χ3n) is 4.59. The second kappa shape index (κ2) is 7.53. The van der Waals surface area contributed by atoms with Crippen molar-refractivity contribution in [3.05, 3.63) is 71.7 Å². The molecule has 2 aromatic carbocycles. The molecule has 0 bridgehead atoms. The molecule has 0 saturated carbocycles. The molecule has 1 aromatic heterocycles. The lowest BCUT2D eigenvalue weighted by molar-refractivity contribution is -0.137. The quantitative estimate of drug-likeness (QED) is 0.383. The number of anilines is 1. The largest absolute Gasteiger partial charge is 0.480 e. The Bertz CT molecular complexity index is 1260. The van der Waals surface area contributed by atoms with Crippen molar-refractivity contribution in [3.63, 3.8) is 0 Å². The van der Waals surface area contributed by atoms with Gasteiger partial charge in [-0.2, -0.15) is 0 Å². The maximum absolute atomic E-state index is 13.6. The molecule has 30 heavy (non-hydrogen) atoms. The number of nitrogens with zero attached hydrogens (tertiary/aromatic N) is 2. The average Bonchev–Trinajstić information content (AvgIpc) is 3.02. The number of benzene rings is 2. The number of hydrogen-bond donors (Lipinski definition) is 2. The molecule has 1 fully saturated rings. The number of carbonyl (C=O) groups excluding carboxylic acids is 2. The summed E-state index contributed by atoms with van der Waals surface area (Å²) in [5.41, 5.74) is 1.13. The highest BCUT2D eigenvalue weighted by Crippen LogP contribution is 2.27. The summed E-state index contributed by atoms with van der Waals surface area (Å²) >= 11 is 5.11. The Morgan fingerprint density at radius 2 is 1.93 bits per heavy atom. The van der Waals surface area contributed by atoms with Crippen molar-refractivity contribution in [1.29, 1.82) is 0 Å². The van der Waals surface area contributed by atoms with Crippen molar-refractivity contribution in [1.82, 2.24) is 9.88 Å². The van der Waals surface area contributed by atoms with Crippen LogP contribution in [0.15, 0.2) is 60.3 Å². The fourth-order valence-corrected chi connectivity index (χ4v) is 3.61. The molecule has 150 valence electrons. The van der Waals surface area contributed by atoms with Crippen LogP contribution in [0, 0.1) is 5.82 Å². The maximum Gasteiger partial charge on any atom is 0.323 e. The summed E-state index contributed by atoms with van der Waals surface area (Å²) in [4.78, 5) is 37.8. The number of para-hydroxylation sites is 1. The van der Waals surface area contributed by atoms with E-state index in [9.17, 15) is 18.8 Å². The molecule has 1 aliphatic rings. The van der Waals surface area contributed by atoms with E-state index < -0.39 is 23.6 Å². The van der Waals surface area contributed by atoms with Gasteiger partial charge < -0.3 is 9.67 Å². The number of thiocarbonyl (C=S) groups is 1. The number of halogens is 1. The Morgan fingerprint density at radius 3 is 2.67 bits per heavy atom. The lowest BCUT2D eigenvalue weighted by Crippen LogP contribution is -2.54. The molecule has 1 aliphatic heterocycles. The summed E-state index contributed by atoms with van der Waals surface area (Å²) in [5.74, 6) is -2.97. The zero-order valence-corrected chi connectivity index (χ0v) is 16.1. The van der Waals surface area contributed by atoms with Crippen LogP contribution in [0.2, 0.25) is 0 Å². The first kappa shape index (κ1) is 19.5. The number of rotatable bonds is 4. The summed E-state index contributed by atoms with van der Waals surface area (Å²) < 4.78 is 15.2. The monoisotopic (exact) mass is 423 g/mol. The van der Waals surface area contributed by atoms with Gasteiger partial charge in [0.2, 0.25) is 0 Å². The molecular formula is C21H14FN3O4S.